The maximum atomic E-state index is 9.84. The topological polar surface area (TPSA) is 60.6 Å². The second-order valence-electron chi connectivity index (χ2n) is 6.90. The van der Waals surface area contributed by atoms with E-state index in [0.717, 1.165) is 41.3 Å². The Kier molecular flexibility index (Phi) is 3.26. The van der Waals surface area contributed by atoms with Crippen LogP contribution >= 0.6 is 0 Å². The van der Waals surface area contributed by atoms with Crippen LogP contribution in [-0.4, -0.2) is 24.5 Å². The minimum Gasteiger partial charge on any atom is -0.369 e. The summed E-state index contributed by atoms with van der Waals surface area (Å²) in [6.45, 7) is 7.28. The molecule has 0 saturated heterocycles. The van der Waals surface area contributed by atoms with Crippen LogP contribution in [0.4, 0.5) is 5.69 Å². The minimum absolute atomic E-state index is 0.391. The van der Waals surface area contributed by atoms with E-state index < -0.39 is 5.60 Å². The van der Waals surface area contributed by atoms with E-state index >= 15 is 0 Å². The van der Waals surface area contributed by atoms with Crippen LogP contribution in [0.3, 0.4) is 0 Å². The lowest BCUT2D eigenvalue weighted by atomic mass is 9.92. The number of aryl methyl sites for hydroxylation is 1. The Morgan fingerprint density at radius 3 is 3.00 bits per heavy atom. The first kappa shape index (κ1) is 15.0. The Morgan fingerprint density at radius 1 is 1.38 bits per heavy atom. The summed E-state index contributed by atoms with van der Waals surface area (Å²) in [4.78, 5) is 0. The Bertz CT molecular complexity index is 855. The number of hydrazone groups is 1. The smallest absolute Gasteiger partial charge is 0.146 e. The molecule has 0 fully saturated rings. The van der Waals surface area contributed by atoms with Crippen molar-refractivity contribution < 1.29 is 4.74 Å². The molecule has 0 aromatic heterocycles. The Morgan fingerprint density at radius 2 is 2.21 bits per heavy atom. The van der Waals surface area contributed by atoms with Crippen LogP contribution in [0.25, 0.3) is 0 Å². The molecule has 0 bridgehead atoms. The molecule has 1 aromatic carbocycles. The summed E-state index contributed by atoms with van der Waals surface area (Å²) in [7, 11) is 0. The molecule has 24 heavy (non-hydrogen) atoms. The van der Waals surface area contributed by atoms with Crippen molar-refractivity contribution in [2.24, 2.45) is 5.10 Å². The van der Waals surface area contributed by atoms with Crippen LogP contribution in [0, 0.1) is 18.3 Å². The number of rotatable bonds is 0. The van der Waals surface area contributed by atoms with Gasteiger partial charge in [0.1, 0.15) is 17.5 Å². The minimum atomic E-state index is -0.391. The van der Waals surface area contributed by atoms with Gasteiger partial charge in [-0.25, -0.2) is 5.01 Å². The monoisotopic (exact) mass is 320 g/mol. The van der Waals surface area contributed by atoms with Gasteiger partial charge in [0.15, 0.2) is 0 Å². The molecule has 122 valence electrons. The van der Waals surface area contributed by atoms with E-state index in [0.29, 0.717) is 12.2 Å². The van der Waals surface area contributed by atoms with Gasteiger partial charge < -0.3 is 10.1 Å². The molecule has 0 unspecified atom stereocenters. The summed E-state index contributed by atoms with van der Waals surface area (Å²) in [5, 5.41) is 20.0. The van der Waals surface area contributed by atoms with Gasteiger partial charge in [0.05, 0.1) is 23.6 Å². The van der Waals surface area contributed by atoms with Gasteiger partial charge in [0.2, 0.25) is 0 Å². The molecule has 0 spiro atoms. The lowest BCUT2D eigenvalue weighted by Gasteiger charge is -2.35. The second-order valence-corrected chi connectivity index (χ2v) is 6.90. The van der Waals surface area contributed by atoms with Crippen molar-refractivity contribution >= 4 is 11.4 Å². The number of hydrogen-bond acceptors (Lipinski definition) is 5. The van der Waals surface area contributed by atoms with E-state index in [9.17, 15) is 5.26 Å². The largest absolute Gasteiger partial charge is 0.369 e. The van der Waals surface area contributed by atoms with Gasteiger partial charge in [-0.3, -0.25) is 0 Å². The van der Waals surface area contributed by atoms with E-state index in [1.165, 1.54) is 5.56 Å². The number of hydrogen-bond donors (Lipinski definition) is 1. The SMILES string of the molecule is Cc1cccc2c1N1N=C3COC(C)(C)C=C3C(C#N)=C1NCC2. The summed E-state index contributed by atoms with van der Waals surface area (Å²) >= 11 is 0. The molecule has 3 heterocycles. The van der Waals surface area contributed by atoms with Crippen molar-refractivity contribution in [1.82, 2.24) is 5.32 Å². The number of ether oxygens (including phenoxy) is 1. The average molecular weight is 320 g/mol. The number of nitriles is 1. The fraction of sp³-hybridized carbons (Fsp3) is 0.368. The molecular weight excluding hydrogens is 300 g/mol. The molecule has 0 saturated carbocycles. The first-order valence-electron chi connectivity index (χ1n) is 8.22. The number of para-hydroxylation sites is 1. The Balaban J connectivity index is 1.96. The number of fused-ring (bicyclic) bond motifs is 4. The second kappa shape index (κ2) is 5.22. The summed E-state index contributed by atoms with van der Waals surface area (Å²) < 4.78 is 5.87. The summed E-state index contributed by atoms with van der Waals surface area (Å²) in [6, 6.07) is 8.67. The lowest BCUT2D eigenvalue weighted by Crippen LogP contribution is -2.40. The first-order chi connectivity index (χ1) is 11.5. The van der Waals surface area contributed by atoms with Gasteiger partial charge >= 0.3 is 0 Å². The highest BCUT2D eigenvalue weighted by atomic mass is 16.5. The lowest BCUT2D eigenvalue weighted by molar-refractivity contribution is 0.0409. The molecular formula is C19H20N4O. The normalized spacial score (nSPS) is 21.3. The van der Waals surface area contributed by atoms with Crippen molar-refractivity contribution in [2.45, 2.75) is 32.8 Å². The number of nitrogens with zero attached hydrogens (tertiary/aromatic N) is 3. The van der Waals surface area contributed by atoms with E-state index in [2.05, 4.69) is 36.5 Å². The zero-order valence-electron chi connectivity index (χ0n) is 14.2. The van der Waals surface area contributed by atoms with Crippen LogP contribution in [0.1, 0.15) is 25.0 Å². The fourth-order valence-corrected chi connectivity index (χ4v) is 3.49. The standard InChI is InChI=1S/C19H20N4O/c1-12-5-4-6-13-7-8-21-18-15(10-20)14-9-19(2,3)24-11-16(14)22-23(18)17(12)13/h4-6,9,21H,7-8,11H2,1-3H3. The third-order valence-electron chi connectivity index (χ3n) is 4.65. The number of allylic oxidation sites excluding steroid dienone is 1. The summed E-state index contributed by atoms with van der Waals surface area (Å²) in [5.41, 5.74) is 5.42. The summed E-state index contributed by atoms with van der Waals surface area (Å²) in [6.07, 6.45) is 2.91. The molecule has 1 aromatic rings. The molecule has 1 N–H and O–H groups in total. The molecule has 0 atom stereocenters. The van der Waals surface area contributed by atoms with Crippen molar-refractivity contribution in [3.05, 3.63) is 52.4 Å². The van der Waals surface area contributed by atoms with Gasteiger partial charge in [-0.05, 0) is 44.4 Å². The Labute approximate surface area is 141 Å². The van der Waals surface area contributed by atoms with E-state index in [1.807, 2.05) is 24.9 Å². The number of anilines is 1. The third kappa shape index (κ3) is 2.22. The molecule has 3 aliphatic heterocycles. The predicted octanol–water partition coefficient (Wildman–Crippen LogP) is 2.79. The van der Waals surface area contributed by atoms with Crippen LogP contribution in [0.5, 0.6) is 0 Å². The van der Waals surface area contributed by atoms with E-state index in [-0.39, 0.29) is 0 Å². The molecule has 5 heteroatoms. The van der Waals surface area contributed by atoms with Crippen LogP contribution in [0.2, 0.25) is 0 Å². The van der Waals surface area contributed by atoms with Crippen LogP contribution in [0.15, 0.2) is 46.3 Å². The van der Waals surface area contributed by atoms with E-state index in [1.54, 1.807) is 0 Å². The maximum Gasteiger partial charge on any atom is 0.146 e. The third-order valence-corrected chi connectivity index (χ3v) is 4.65. The number of nitrogens with one attached hydrogen (secondary N) is 1. The maximum absolute atomic E-state index is 9.84. The molecule has 0 aliphatic carbocycles. The first-order valence-corrected chi connectivity index (χ1v) is 8.22. The predicted molar refractivity (Wildman–Crippen MR) is 93.6 cm³/mol. The van der Waals surface area contributed by atoms with Gasteiger partial charge in [-0.15, -0.1) is 0 Å². The van der Waals surface area contributed by atoms with Gasteiger partial charge in [-0.2, -0.15) is 10.4 Å². The quantitative estimate of drug-likeness (QED) is 0.798. The Hall–Kier alpha value is -2.58. The van der Waals surface area contributed by atoms with E-state index in [4.69, 9.17) is 9.84 Å². The highest BCUT2D eigenvalue weighted by Gasteiger charge is 2.35. The molecule has 0 radical (unpaired) electrons. The van der Waals surface area contributed by atoms with Gasteiger partial charge in [0.25, 0.3) is 0 Å². The zero-order chi connectivity index (χ0) is 16.9. The average Bonchev–Trinajstić information content (AvgIpc) is 2.72. The van der Waals surface area contributed by atoms with Gasteiger partial charge in [-0.1, -0.05) is 18.2 Å². The van der Waals surface area contributed by atoms with Crippen molar-refractivity contribution in [2.75, 3.05) is 18.2 Å². The highest BCUT2D eigenvalue weighted by Crippen LogP contribution is 2.37. The molecule has 0 amide bonds. The van der Waals surface area contributed by atoms with Crippen LogP contribution < -0.4 is 10.3 Å². The van der Waals surface area contributed by atoms with Crippen molar-refractivity contribution in [3.8, 4) is 6.07 Å². The highest BCUT2D eigenvalue weighted by molar-refractivity contribution is 6.08. The molecule has 3 aliphatic rings. The van der Waals surface area contributed by atoms with Crippen molar-refractivity contribution in [3.63, 3.8) is 0 Å². The fourth-order valence-electron chi connectivity index (χ4n) is 3.49. The van der Waals surface area contributed by atoms with Crippen molar-refractivity contribution in [1.29, 1.82) is 5.26 Å². The summed E-state index contributed by atoms with van der Waals surface area (Å²) in [5.74, 6) is 0.776. The van der Waals surface area contributed by atoms with Gasteiger partial charge in [0, 0.05) is 12.1 Å². The van der Waals surface area contributed by atoms with Crippen LogP contribution in [-0.2, 0) is 11.2 Å². The zero-order valence-corrected chi connectivity index (χ0v) is 14.2. The molecule has 4 rings (SSSR count). The molecule has 5 nitrogen and oxygen atoms in total. The number of benzene rings is 1.